The number of aromatic nitrogens is 1. The number of para-hydroxylation sites is 1. The van der Waals surface area contributed by atoms with Crippen molar-refractivity contribution in [3.63, 3.8) is 0 Å². The highest BCUT2D eigenvalue weighted by atomic mass is 32.2. The Hall–Kier alpha value is -1.28. The molecule has 0 spiro atoms. The highest BCUT2D eigenvalue weighted by Crippen LogP contribution is 2.40. The minimum Gasteiger partial charge on any atom is -0.364 e. The molecule has 2 N–H and O–H groups in total. The Labute approximate surface area is 102 Å². The van der Waals surface area contributed by atoms with Crippen LogP contribution in [0.3, 0.4) is 0 Å². The molecule has 0 fully saturated rings. The van der Waals surface area contributed by atoms with Crippen molar-refractivity contribution in [2.45, 2.75) is 10.4 Å². The molecule has 8 heteroatoms. The molecule has 0 aliphatic carbocycles. The van der Waals surface area contributed by atoms with Crippen LogP contribution in [0.25, 0.3) is 10.2 Å². The summed E-state index contributed by atoms with van der Waals surface area (Å²) >= 11 is 0.727. The molecule has 0 saturated heterocycles. The maximum atomic E-state index is 12.3. The Morgan fingerprint density at radius 1 is 1.41 bits per heavy atom. The van der Waals surface area contributed by atoms with Crippen molar-refractivity contribution in [3.05, 3.63) is 23.2 Å². The van der Waals surface area contributed by atoms with Gasteiger partial charge in [0, 0.05) is 4.90 Å². The minimum absolute atomic E-state index is 0.00947. The molecule has 0 bridgehead atoms. The molecular formula is C9H5F3N2OS2. The fourth-order valence-corrected chi connectivity index (χ4v) is 2.79. The molecule has 0 saturated carbocycles. The average molecular weight is 278 g/mol. The lowest BCUT2D eigenvalue weighted by molar-refractivity contribution is -0.0327. The van der Waals surface area contributed by atoms with Crippen molar-refractivity contribution in [2.75, 3.05) is 0 Å². The first kappa shape index (κ1) is 12.2. The maximum Gasteiger partial charge on any atom is 0.446 e. The zero-order valence-electron chi connectivity index (χ0n) is 8.12. The van der Waals surface area contributed by atoms with Crippen LogP contribution in [-0.2, 0) is 0 Å². The summed E-state index contributed by atoms with van der Waals surface area (Å²) in [6.45, 7) is 0. The molecule has 0 unspecified atom stereocenters. The largest absolute Gasteiger partial charge is 0.446 e. The predicted molar refractivity (Wildman–Crippen MR) is 60.0 cm³/mol. The number of rotatable bonds is 2. The van der Waals surface area contributed by atoms with Crippen LogP contribution < -0.4 is 5.73 Å². The van der Waals surface area contributed by atoms with Gasteiger partial charge in [-0.15, -0.1) is 11.3 Å². The van der Waals surface area contributed by atoms with Gasteiger partial charge in [0.15, 0.2) is 5.01 Å². The second kappa shape index (κ2) is 4.19. The Balaban J connectivity index is 2.53. The number of carbonyl (C=O) groups is 1. The SMILES string of the molecule is NC(=O)c1nc2c(SC(F)(F)F)cccc2s1. The summed E-state index contributed by atoms with van der Waals surface area (Å²) in [7, 11) is 0. The Bertz CT molecular complexity index is 579. The van der Waals surface area contributed by atoms with Gasteiger partial charge in [-0.25, -0.2) is 4.98 Å². The van der Waals surface area contributed by atoms with Gasteiger partial charge in [0.05, 0.1) is 10.2 Å². The number of alkyl halides is 3. The van der Waals surface area contributed by atoms with Crippen LogP contribution in [0.5, 0.6) is 0 Å². The second-order valence-electron chi connectivity index (χ2n) is 3.03. The van der Waals surface area contributed by atoms with Crippen LogP contribution in [0, 0.1) is 0 Å². The number of halogens is 3. The Morgan fingerprint density at radius 2 is 2.12 bits per heavy atom. The molecule has 1 amide bonds. The lowest BCUT2D eigenvalue weighted by atomic mass is 10.3. The molecule has 1 aromatic carbocycles. The van der Waals surface area contributed by atoms with Crippen LogP contribution in [0.2, 0.25) is 0 Å². The van der Waals surface area contributed by atoms with Crippen LogP contribution in [-0.4, -0.2) is 16.4 Å². The number of nitrogens with two attached hydrogens (primary N) is 1. The molecular weight excluding hydrogens is 273 g/mol. The first-order chi connectivity index (χ1) is 7.87. The number of thiazole rings is 1. The van der Waals surface area contributed by atoms with E-state index in [4.69, 9.17) is 5.73 Å². The first-order valence-electron chi connectivity index (χ1n) is 4.32. The molecule has 1 heterocycles. The van der Waals surface area contributed by atoms with Crippen LogP contribution in [0.4, 0.5) is 13.2 Å². The Kier molecular flexibility index (Phi) is 3.00. The van der Waals surface area contributed by atoms with Crippen molar-refractivity contribution >= 4 is 39.2 Å². The molecule has 2 rings (SSSR count). The molecule has 90 valence electrons. The molecule has 0 atom stereocenters. The lowest BCUT2D eigenvalue weighted by Gasteiger charge is -2.05. The zero-order valence-corrected chi connectivity index (χ0v) is 9.75. The highest BCUT2D eigenvalue weighted by Gasteiger charge is 2.30. The van der Waals surface area contributed by atoms with E-state index in [-0.39, 0.29) is 27.2 Å². The monoisotopic (exact) mass is 278 g/mol. The normalized spacial score (nSPS) is 11.9. The average Bonchev–Trinajstić information content (AvgIpc) is 2.60. The quantitative estimate of drug-likeness (QED) is 0.859. The van der Waals surface area contributed by atoms with Crippen LogP contribution >= 0.6 is 23.1 Å². The summed E-state index contributed by atoms with van der Waals surface area (Å²) in [6.07, 6.45) is 0. The number of hydrogen-bond donors (Lipinski definition) is 1. The van der Waals surface area contributed by atoms with E-state index in [1.54, 1.807) is 6.07 Å². The van der Waals surface area contributed by atoms with Crippen LogP contribution in [0.1, 0.15) is 9.80 Å². The van der Waals surface area contributed by atoms with Crippen LogP contribution in [0.15, 0.2) is 23.1 Å². The van der Waals surface area contributed by atoms with Gasteiger partial charge in [-0.2, -0.15) is 13.2 Å². The molecule has 0 aliphatic rings. The fourth-order valence-electron chi connectivity index (χ4n) is 1.24. The lowest BCUT2D eigenvalue weighted by Crippen LogP contribution is -2.09. The predicted octanol–water partition coefficient (Wildman–Crippen LogP) is 3.01. The van der Waals surface area contributed by atoms with E-state index in [2.05, 4.69) is 4.98 Å². The van der Waals surface area contributed by atoms with Gasteiger partial charge in [-0.3, -0.25) is 4.79 Å². The van der Waals surface area contributed by atoms with Crippen molar-refractivity contribution in [2.24, 2.45) is 5.73 Å². The summed E-state index contributed by atoms with van der Waals surface area (Å²) in [6, 6.07) is 4.39. The Morgan fingerprint density at radius 3 is 2.71 bits per heavy atom. The summed E-state index contributed by atoms with van der Waals surface area (Å²) in [5.74, 6) is -0.742. The number of benzene rings is 1. The number of nitrogens with zero attached hydrogens (tertiary/aromatic N) is 1. The second-order valence-corrected chi connectivity index (χ2v) is 5.17. The number of thioether (sulfide) groups is 1. The van der Waals surface area contributed by atoms with Gasteiger partial charge in [-0.05, 0) is 23.9 Å². The van der Waals surface area contributed by atoms with E-state index in [0.29, 0.717) is 4.70 Å². The number of carbonyl (C=O) groups excluding carboxylic acids is 1. The molecule has 2 aromatic rings. The third-order valence-corrected chi connectivity index (χ3v) is 3.63. The van der Waals surface area contributed by atoms with E-state index < -0.39 is 11.4 Å². The van der Waals surface area contributed by atoms with Gasteiger partial charge in [0.2, 0.25) is 0 Å². The van der Waals surface area contributed by atoms with Crippen molar-refractivity contribution in [1.82, 2.24) is 4.98 Å². The third-order valence-electron chi connectivity index (χ3n) is 1.82. The molecule has 3 nitrogen and oxygen atoms in total. The standard InChI is InChI=1S/C9H5F3N2OS2/c10-9(11,12)17-5-3-1-2-4-6(5)14-8(16-4)7(13)15/h1-3H,(H2,13,15). The van der Waals surface area contributed by atoms with Gasteiger partial charge in [0.1, 0.15) is 0 Å². The summed E-state index contributed by atoms with van der Waals surface area (Å²) < 4.78 is 37.4. The van der Waals surface area contributed by atoms with E-state index in [1.165, 1.54) is 12.1 Å². The number of hydrogen-bond acceptors (Lipinski definition) is 4. The summed E-state index contributed by atoms with van der Waals surface area (Å²) in [5.41, 5.74) is 0.812. The van der Waals surface area contributed by atoms with Crippen molar-refractivity contribution in [3.8, 4) is 0 Å². The van der Waals surface area contributed by atoms with E-state index in [0.717, 1.165) is 11.3 Å². The summed E-state index contributed by atoms with van der Waals surface area (Å²) in [5, 5.41) is 0.00947. The van der Waals surface area contributed by atoms with Gasteiger partial charge in [-0.1, -0.05) is 6.07 Å². The molecule has 1 aromatic heterocycles. The number of amides is 1. The maximum absolute atomic E-state index is 12.3. The number of fused-ring (bicyclic) bond motifs is 1. The van der Waals surface area contributed by atoms with Gasteiger partial charge in [0.25, 0.3) is 5.91 Å². The minimum atomic E-state index is -4.38. The highest BCUT2D eigenvalue weighted by molar-refractivity contribution is 8.00. The summed E-state index contributed by atoms with van der Waals surface area (Å²) in [4.78, 5) is 14.7. The third kappa shape index (κ3) is 2.70. The molecule has 0 radical (unpaired) electrons. The van der Waals surface area contributed by atoms with E-state index in [9.17, 15) is 18.0 Å². The van der Waals surface area contributed by atoms with Gasteiger partial charge < -0.3 is 5.73 Å². The number of primary amides is 1. The molecule has 17 heavy (non-hydrogen) atoms. The smallest absolute Gasteiger partial charge is 0.364 e. The molecule has 0 aliphatic heterocycles. The fraction of sp³-hybridized carbons (Fsp3) is 0.111. The van der Waals surface area contributed by atoms with E-state index >= 15 is 0 Å². The van der Waals surface area contributed by atoms with Gasteiger partial charge >= 0.3 is 5.51 Å². The van der Waals surface area contributed by atoms with Crippen molar-refractivity contribution in [1.29, 1.82) is 0 Å². The topological polar surface area (TPSA) is 56.0 Å². The zero-order chi connectivity index (χ0) is 12.6. The first-order valence-corrected chi connectivity index (χ1v) is 5.95. The van der Waals surface area contributed by atoms with E-state index in [1.807, 2.05) is 0 Å². The van der Waals surface area contributed by atoms with Crippen molar-refractivity contribution < 1.29 is 18.0 Å².